The molecule has 2 N–H and O–H groups in total. The van der Waals surface area contributed by atoms with Gasteiger partial charge in [0, 0.05) is 19.1 Å². The molecule has 2 aromatic rings. The molecule has 122 valence electrons. The second-order valence-electron chi connectivity index (χ2n) is 6.20. The Hall–Kier alpha value is -2.21. The van der Waals surface area contributed by atoms with Gasteiger partial charge in [0.25, 0.3) is 11.8 Å². The molecule has 0 bridgehead atoms. The summed E-state index contributed by atoms with van der Waals surface area (Å²) in [6.07, 6.45) is 2.06. The monoisotopic (exact) mass is 314 g/mol. The lowest BCUT2D eigenvalue weighted by atomic mass is 9.91. The van der Waals surface area contributed by atoms with Gasteiger partial charge >= 0.3 is 0 Å². The number of hydrogen-bond acceptors (Lipinski definition) is 5. The third-order valence-electron chi connectivity index (χ3n) is 4.40. The highest BCUT2D eigenvalue weighted by molar-refractivity contribution is 6.00. The first-order valence-electron chi connectivity index (χ1n) is 8.01. The van der Waals surface area contributed by atoms with Crippen molar-refractivity contribution in [3.63, 3.8) is 0 Å². The number of aromatic nitrogens is 2. The smallest absolute Gasteiger partial charge is 0.258 e. The maximum absolute atomic E-state index is 13.0. The van der Waals surface area contributed by atoms with Crippen molar-refractivity contribution in [1.82, 2.24) is 15.0 Å². The second kappa shape index (κ2) is 6.50. The molecule has 1 aromatic heterocycles. The quantitative estimate of drug-likeness (QED) is 0.939. The maximum Gasteiger partial charge on any atom is 0.258 e. The van der Waals surface area contributed by atoms with Crippen molar-refractivity contribution < 1.29 is 9.32 Å². The van der Waals surface area contributed by atoms with E-state index in [1.807, 2.05) is 36.1 Å². The van der Waals surface area contributed by atoms with E-state index in [-0.39, 0.29) is 11.9 Å². The van der Waals surface area contributed by atoms with Crippen LogP contribution < -0.4 is 5.73 Å². The number of nitrogens with two attached hydrogens (primary N) is 1. The molecule has 1 saturated heterocycles. The Bertz CT molecular complexity index is 695. The van der Waals surface area contributed by atoms with Gasteiger partial charge in [0.15, 0.2) is 5.82 Å². The summed E-state index contributed by atoms with van der Waals surface area (Å²) in [6.45, 7) is 5.23. The Morgan fingerprint density at radius 2 is 2.22 bits per heavy atom. The van der Waals surface area contributed by atoms with Crippen LogP contribution in [-0.4, -0.2) is 40.1 Å². The van der Waals surface area contributed by atoms with E-state index in [2.05, 4.69) is 10.1 Å². The number of amides is 1. The van der Waals surface area contributed by atoms with Crippen LogP contribution in [0.4, 0.5) is 0 Å². The second-order valence-corrected chi connectivity index (χ2v) is 6.20. The minimum atomic E-state index is 0.00167. The first-order valence-corrected chi connectivity index (χ1v) is 8.01. The number of nitrogens with zero attached hydrogens (tertiary/aromatic N) is 3. The van der Waals surface area contributed by atoms with Gasteiger partial charge in [-0.2, -0.15) is 4.98 Å². The summed E-state index contributed by atoms with van der Waals surface area (Å²) in [5, 5.41) is 3.81. The van der Waals surface area contributed by atoms with Crippen molar-refractivity contribution in [3.8, 4) is 11.5 Å². The largest absolute Gasteiger partial charge is 0.338 e. The van der Waals surface area contributed by atoms with Crippen molar-refractivity contribution in [2.24, 2.45) is 11.7 Å². The van der Waals surface area contributed by atoms with E-state index in [4.69, 9.17) is 10.3 Å². The number of rotatable bonds is 3. The van der Waals surface area contributed by atoms with Crippen LogP contribution in [0, 0.1) is 12.8 Å². The molecule has 0 saturated carbocycles. The number of carbonyl (C=O) groups is 1. The lowest BCUT2D eigenvalue weighted by molar-refractivity contribution is 0.0661. The molecule has 2 atom stereocenters. The van der Waals surface area contributed by atoms with Gasteiger partial charge in [0.1, 0.15) is 0 Å². The Morgan fingerprint density at radius 3 is 2.91 bits per heavy atom. The Kier molecular flexibility index (Phi) is 4.43. The van der Waals surface area contributed by atoms with Gasteiger partial charge in [0.05, 0.1) is 11.1 Å². The standard InChI is InChI=1S/C17H22N4O2/c1-11(18)13-6-5-9-21(10-13)17(22)15-8-4-3-7-14(15)16-19-12(2)20-23-16/h3-4,7-8,11,13H,5-6,9-10,18H2,1-2H3. The molecular weight excluding hydrogens is 292 g/mol. The zero-order valence-corrected chi connectivity index (χ0v) is 13.5. The highest BCUT2D eigenvalue weighted by Gasteiger charge is 2.28. The van der Waals surface area contributed by atoms with Crippen molar-refractivity contribution in [1.29, 1.82) is 0 Å². The fourth-order valence-electron chi connectivity index (χ4n) is 3.06. The summed E-state index contributed by atoms with van der Waals surface area (Å²) in [5.41, 5.74) is 7.30. The molecule has 0 spiro atoms. The minimum absolute atomic E-state index is 0.00167. The van der Waals surface area contributed by atoms with Crippen LogP contribution >= 0.6 is 0 Å². The molecule has 1 aliphatic heterocycles. The number of likely N-dealkylation sites (tertiary alicyclic amines) is 1. The van der Waals surface area contributed by atoms with E-state index in [0.29, 0.717) is 35.3 Å². The van der Waals surface area contributed by atoms with Crippen LogP contribution in [0.5, 0.6) is 0 Å². The average Bonchev–Trinajstić information content (AvgIpc) is 3.00. The zero-order chi connectivity index (χ0) is 16.4. The SMILES string of the molecule is Cc1noc(-c2ccccc2C(=O)N2CCCC(C(C)N)C2)n1. The summed E-state index contributed by atoms with van der Waals surface area (Å²) < 4.78 is 5.24. The fourth-order valence-corrected chi connectivity index (χ4v) is 3.06. The Labute approximate surface area is 135 Å². The highest BCUT2D eigenvalue weighted by Crippen LogP contribution is 2.26. The number of hydrogen-bond donors (Lipinski definition) is 1. The van der Waals surface area contributed by atoms with Crippen LogP contribution in [0.15, 0.2) is 28.8 Å². The number of piperidine rings is 1. The number of carbonyl (C=O) groups excluding carboxylic acids is 1. The summed E-state index contributed by atoms with van der Waals surface area (Å²) in [5.74, 6) is 1.29. The predicted molar refractivity (Wildman–Crippen MR) is 86.7 cm³/mol. The van der Waals surface area contributed by atoms with E-state index >= 15 is 0 Å². The first-order chi connectivity index (χ1) is 11.1. The van der Waals surface area contributed by atoms with E-state index in [1.165, 1.54) is 0 Å². The van der Waals surface area contributed by atoms with Crippen LogP contribution in [-0.2, 0) is 0 Å². The maximum atomic E-state index is 13.0. The molecule has 1 fully saturated rings. The average molecular weight is 314 g/mol. The van der Waals surface area contributed by atoms with E-state index in [9.17, 15) is 4.79 Å². The first kappa shape index (κ1) is 15.7. The molecule has 1 aromatic carbocycles. The zero-order valence-electron chi connectivity index (χ0n) is 13.5. The lowest BCUT2D eigenvalue weighted by Crippen LogP contribution is -2.45. The van der Waals surface area contributed by atoms with Gasteiger partial charge in [-0.25, -0.2) is 0 Å². The molecule has 1 amide bonds. The molecular formula is C17H22N4O2. The minimum Gasteiger partial charge on any atom is -0.338 e. The van der Waals surface area contributed by atoms with Gasteiger partial charge in [-0.3, -0.25) is 4.79 Å². The number of aryl methyl sites for hydroxylation is 1. The van der Waals surface area contributed by atoms with Crippen LogP contribution in [0.2, 0.25) is 0 Å². The summed E-state index contributed by atoms with van der Waals surface area (Å²) in [6, 6.07) is 7.47. The normalized spacial score (nSPS) is 19.6. The van der Waals surface area contributed by atoms with Crippen LogP contribution in [0.3, 0.4) is 0 Å². The van der Waals surface area contributed by atoms with Gasteiger partial charge in [0.2, 0.25) is 0 Å². The molecule has 2 heterocycles. The van der Waals surface area contributed by atoms with Gasteiger partial charge < -0.3 is 15.2 Å². The fraction of sp³-hybridized carbons (Fsp3) is 0.471. The van der Waals surface area contributed by atoms with Gasteiger partial charge in [-0.05, 0) is 44.7 Å². The molecule has 0 aliphatic carbocycles. The molecule has 6 heteroatoms. The van der Waals surface area contributed by atoms with E-state index < -0.39 is 0 Å². The van der Waals surface area contributed by atoms with E-state index in [1.54, 1.807) is 6.92 Å². The third kappa shape index (κ3) is 3.27. The van der Waals surface area contributed by atoms with Crippen LogP contribution in [0.25, 0.3) is 11.5 Å². The highest BCUT2D eigenvalue weighted by atomic mass is 16.5. The van der Waals surface area contributed by atoms with Crippen LogP contribution in [0.1, 0.15) is 35.9 Å². The van der Waals surface area contributed by atoms with Gasteiger partial charge in [-0.1, -0.05) is 17.3 Å². The van der Waals surface area contributed by atoms with Crippen molar-refractivity contribution in [3.05, 3.63) is 35.7 Å². The summed E-state index contributed by atoms with van der Waals surface area (Å²) in [4.78, 5) is 19.1. The molecule has 1 aliphatic rings. The predicted octanol–water partition coefficient (Wildman–Crippen LogP) is 2.24. The molecule has 3 rings (SSSR count). The molecule has 23 heavy (non-hydrogen) atoms. The Balaban J connectivity index is 1.88. The summed E-state index contributed by atoms with van der Waals surface area (Å²) in [7, 11) is 0. The van der Waals surface area contributed by atoms with Crippen molar-refractivity contribution in [2.75, 3.05) is 13.1 Å². The lowest BCUT2D eigenvalue weighted by Gasteiger charge is -2.34. The topological polar surface area (TPSA) is 85.2 Å². The molecule has 2 unspecified atom stereocenters. The Morgan fingerprint density at radius 1 is 1.43 bits per heavy atom. The van der Waals surface area contributed by atoms with Gasteiger partial charge in [-0.15, -0.1) is 0 Å². The van der Waals surface area contributed by atoms with Crippen molar-refractivity contribution in [2.45, 2.75) is 32.7 Å². The molecule has 0 radical (unpaired) electrons. The number of benzene rings is 1. The summed E-state index contributed by atoms with van der Waals surface area (Å²) >= 11 is 0. The van der Waals surface area contributed by atoms with Crippen molar-refractivity contribution >= 4 is 5.91 Å². The van der Waals surface area contributed by atoms with E-state index in [0.717, 1.165) is 19.4 Å². The molecule has 6 nitrogen and oxygen atoms in total. The third-order valence-corrected chi connectivity index (χ3v) is 4.40.